The number of aromatic nitrogens is 1. The van der Waals surface area contributed by atoms with E-state index in [1.807, 2.05) is 0 Å². The minimum atomic E-state index is -3.81. The zero-order chi connectivity index (χ0) is 21.8. The molecular weight excluding hydrogens is 416 g/mol. The molecule has 8 nitrogen and oxygen atoms in total. The van der Waals surface area contributed by atoms with Crippen LogP contribution in [0.5, 0.6) is 0 Å². The molecule has 1 amide bonds. The van der Waals surface area contributed by atoms with Gasteiger partial charge in [-0.1, -0.05) is 30.3 Å². The Labute approximate surface area is 179 Å². The lowest BCUT2D eigenvalue weighted by Gasteiger charge is -2.12. The van der Waals surface area contributed by atoms with Crippen molar-refractivity contribution >= 4 is 27.7 Å². The van der Waals surface area contributed by atoms with Crippen LogP contribution in [0.25, 0.3) is 6.08 Å². The fourth-order valence-corrected chi connectivity index (χ4v) is 4.28. The Kier molecular flexibility index (Phi) is 5.79. The van der Waals surface area contributed by atoms with E-state index in [0.717, 1.165) is 16.1 Å². The smallest absolute Gasteiger partial charge is 0.261 e. The third-order valence-electron chi connectivity index (χ3n) is 4.84. The number of aliphatic hydroxyl groups excluding tert-OH is 1. The van der Waals surface area contributed by atoms with E-state index in [-0.39, 0.29) is 24.0 Å². The molecule has 1 aliphatic rings. The molecule has 9 heteroatoms. The summed E-state index contributed by atoms with van der Waals surface area (Å²) in [7, 11) is -3.81. The van der Waals surface area contributed by atoms with Crippen molar-refractivity contribution in [2.45, 2.75) is 24.1 Å². The highest BCUT2D eigenvalue weighted by Gasteiger charge is 2.18. The number of carbonyl (C=O) groups is 1. The quantitative estimate of drug-likeness (QED) is 0.497. The highest BCUT2D eigenvalue weighted by molar-refractivity contribution is 7.92. The molecule has 158 valence electrons. The molecular formula is C22H20N4O4S. The van der Waals surface area contributed by atoms with E-state index in [0.29, 0.717) is 11.3 Å². The number of carbonyl (C=O) groups excluding carboxylic acids is 1. The van der Waals surface area contributed by atoms with Gasteiger partial charge >= 0.3 is 0 Å². The molecule has 2 heterocycles. The minimum absolute atomic E-state index is 0.0809. The molecule has 1 atom stereocenters. The Morgan fingerprint density at radius 2 is 1.84 bits per heavy atom. The van der Waals surface area contributed by atoms with Crippen LogP contribution in [-0.2, 0) is 28.0 Å². The van der Waals surface area contributed by atoms with Crippen LogP contribution in [-0.4, -0.2) is 30.5 Å². The normalized spacial score (nSPS) is 14.8. The second-order valence-electron chi connectivity index (χ2n) is 6.96. The van der Waals surface area contributed by atoms with Crippen molar-refractivity contribution in [1.29, 1.82) is 0 Å². The zero-order valence-electron chi connectivity index (χ0n) is 16.4. The molecule has 3 N–H and O–H groups in total. The monoisotopic (exact) mass is 436 g/mol. The van der Waals surface area contributed by atoms with Crippen LogP contribution in [0, 0.1) is 0 Å². The Morgan fingerprint density at radius 3 is 2.58 bits per heavy atom. The van der Waals surface area contributed by atoms with Gasteiger partial charge in [-0.2, -0.15) is 0 Å². The summed E-state index contributed by atoms with van der Waals surface area (Å²) < 4.78 is 27.8. The van der Waals surface area contributed by atoms with Gasteiger partial charge in [-0.05, 0) is 35.9 Å². The van der Waals surface area contributed by atoms with E-state index in [4.69, 9.17) is 0 Å². The average Bonchev–Trinajstić information content (AvgIpc) is 3.22. The predicted molar refractivity (Wildman–Crippen MR) is 115 cm³/mol. The van der Waals surface area contributed by atoms with Crippen molar-refractivity contribution in [2.75, 3.05) is 4.72 Å². The number of aliphatic hydroxyl groups is 1. The first kappa shape index (κ1) is 20.7. The predicted octanol–water partition coefficient (Wildman–Crippen LogP) is 0.473. The molecule has 4 rings (SSSR count). The fourth-order valence-electron chi connectivity index (χ4n) is 3.18. The first-order valence-corrected chi connectivity index (χ1v) is 11.0. The van der Waals surface area contributed by atoms with E-state index in [1.165, 1.54) is 12.1 Å². The summed E-state index contributed by atoms with van der Waals surface area (Å²) in [5.41, 5.74) is 1.56. The molecule has 0 bridgehead atoms. The number of hydrogen-bond acceptors (Lipinski definition) is 6. The van der Waals surface area contributed by atoms with Crippen LogP contribution in [0.4, 0.5) is 5.69 Å². The van der Waals surface area contributed by atoms with Crippen molar-refractivity contribution < 1.29 is 18.3 Å². The summed E-state index contributed by atoms with van der Waals surface area (Å²) in [6.45, 7) is -0.0297. The molecule has 0 saturated heterocycles. The van der Waals surface area contributed by atoms with E-state index >= 15 is 0 Å². The van der Waals surface area contributed by atoms with Gasteiger partial charge in [-0.15, -0.1) is 0 Å². The Balaban J connectivity index is 1.40. The highest BCUT2D eigenvalue weighted by atomic mass is 32.2. The lowest BCUT2D eigenvalue weighted by molar-refractivity contribution is -0.121. The summed E-state index contributed by atoms with van der Waals surface area (Å²) >= 11 is 0. The molecule has 1 aliphatic heterocycles. The molecule has 0 radical (unpaired) electrons. The van der Waals surface area contributed by atoms with Crippen LogP contribution in [0.1, 0.15) is 11.1 Å². The molecule has 0 spiro atoms. The van der Waals surface area contributed by atoms with Crippen LogP contribution < -0.4 is 20.6 Å². The Bertz CT molecular complexity index is 1300. The third kappa shape index (κ3) is 4.62. The second kappa shape index (κ2) is 8.66. The molecule has 3 aromatic rings. The van der Waals surface area contributed by atoms with Gasteiger partial charge in [0.1, 0.15) is 6.04 Å². The number of amides is 1. The SMILES string of the molecule is O=C(NCc1ccc(S(=O)(=O)Nc2ccccc2CO)cc1)C1C=c2cnccc2=N1. The van der Waals surface area contributed by atoms with Gasteiger partial charge in [-0.25, -0.2) is 8.42 Å². The van der Waals surface area contributed by atoms with Gasteiger partial charge in [0.15, 0.2) is 0 Å². The number of rotatable bonds is 7. The van der Waals surface area contributed by atoms with Gasteiger partial charge < -0.3 is 10.4 Å². The zero-order valence-corrected chi connectivity index (χ0v) is 17.2. The summed E-state index contributed by atoms with van der Waals surface area (Å²) in [5, 5.41) is 13.7. The van der Waals surface area contributed by atoms with Crippen molar-refractivity contribution in [3.05, 3.63) is 88.7 Å². The summed E-state index contributed by atoms with van der Waals surface area (Å²) in [6.07, 6.45) is 5.05. The molecule has 0 fully saturated rings. The van der Waals surface area contributed by atoms with Gasteiger partial charge in [-0.3, -0.25) is 19.5 Å². The number of anilines is 1. The van der Waals surface area contributed by atoms with E-state index < -0.39 is 16.1 Å². The number of sulfonamides is 1. The number of hydrogen-bond donors (Lipinski definition) is 3. The van der Waals surface area contributed by atoms with Crippen LogP contribution in [0.15, 0.2) is 76.9 Å². The van der Waals surface area contributed by atoms with Crippen LogP contribution in [0.3, 0.4) is 0 Å². The third-order valence-corrected chi connectivity index (χ3v) is 6.23. The lowest BCUT2D eigenvalue weighted by Crippen LogP contribution is -2.31. The van der Waals surface area contributed by atoms with Gasteiger partial charge in [0, 0.05) is 29.7 Å². The molecule has 0 saturated carbocycles. The molecule has 2 aromatic carbocycles. The van der Waals surface area contributed by atoms with Crippen LogP contribution in [0.2, 0.25) is 0 Å². The first-order chi connectivity index (χ1) is 15.0. The minimum Gasteiger partial charge on any atom is -0.392 e. The fraction of sp³-hybridized carbons (Fsp3) is 0.136. The van der Waals surface area contributed by atoms with Crippen molar-refractivity contribution in [3.8, 4) is 0 Å². The Hall–Kier alpha value is -3.56. The topological polar surface area (TPSA) is 121 Å². The number of nitrogens with zero attached hydrogens (tertiary/aromatic N) is 2. The van der Waals surface area contributed by atoms with Crippen LogP contribution >= 0.6 is 0 Å². The van der Waals surface area contributed by atoms with Gasteiger partial charge in [0.05, 0.1) is 22.5 Å². The molecule has 1 aromatic heterocycles. The van der Waals surface area contributed by atoms with E-state index in [9.17, 15) is 18.3 Å². The maximum atomic E-state index is 12.6. The second-order valence-corrected chi connectivity index (χ2v) is 8.64. The van der Waals surface area contributed by atoms with Crippen molar-refractivity contribution in [3.63, 3.8) is 0 Å². The highest BCUT2D eigenvalue weighted by Crippen LogP contribution is 2.20. The average molecular weight is 436 g/mol. The standard InChI is InChI=1S/C22H20N4O4S/c27-14-16-3-1-2-4-20(16)26-31(29,30)18-7-5-15(6-8-18)12-24-22(28)21-11-17-13-23-10-9-19(17)25-21/h1-11,13,21,26-27H,12,14H2,(H,24,28). The molecule has 0 aliphatic carbocycles. The maximum absolute atomic E-state index is 12.6. The van der Waals surface area contributed by atoms with Crippen molar-refractivity contribution in [2.24, 2.45) is 4.99 Å². The molecule has 1 unspecified atom stereocenters. The number of nitrogens with one attached hydrogen (secondary N) is 2. The molecule has 31 heavy (non-hydrogen) atoms. The van der Waals surface area contributed by atoms with Gasteiger partial charge in [0.25, 0.3) is 10.0 Å². The van der Waals surface area contributed by atoms with E-state index in [1.54, 1.807) is 60.9 Å². The van der Waals surface area contributed by atoms with E-state index in [2.05, 4.69) is 20.0 Å². The first-order valence-electron chi connectivity index (χ1n) is 9.54. The number of pyridine rings is 1. The Morgan fingerprint density at radius 1 is 1.06 bits per heavy atom. The maximum Gasteiger partial charge on any atom is 0.261 e. The van der Waals surface area contributed by atoms with Crippen molar-refractivity contribution in [1.82, 2.24) is 10.3 Å². The number of para-hydroxylation sites is 1. The van der Waals surface area contributed by atoms with Gasteiger partial charge in [0.2, 0.25) is 5.91 Å². The lowest BCUT2D eigenvalue weighted by atomic mass is 10.2. The number of benzene rings is 2. The summed E-state index contributed by atoms with van der Waals surface area (Å²) in [6, 6.07) is 14.0. The number of fused-ring (bicyclic) bond motifs is 1. The largest absolute Gasteiger partial charge is 0.392 e. The summed E-state index contributed by atoms with van der Waals surface area (Å²) in [5.74, 6) is -0.241. The summed E-state index contributed by atoms with van der Waals surface area (Å²) in [4.78, 5) is 20.8.